The van der Waals surface area contributed by atoms with Gasteiger partial charge in [0.15, 0.2) is 11.5 Å². The summed E-state index contributed by atoms with van der Waals surface area (Å²) in [5, 5.41) is 0. The van der Waals surface area contributed by atoms with E-state index in [1.165, 1.54) is 5.56 Å². The maximum absolute atomic E-state index is 13.0. The molecule has 2 aromatic carbocycles. The number of imidazole rings is 1. The number of fused-ring (bicyclic) bond motifs is 1. The minimum atomic E-state index is -0.203. The van der Waals surface area contributed by atoms with E-state index in [1.807, 2.05) is 30.6 Å². The number of hydrogen-bond acceptors (Lipinski definition) is 4. The predicted molar refractivity (Wildman–Crippen MR) is 109 cm³/mol. The Kier molecular flexibility index (Phi) is 4.61. The van der Waals surface area contributed by atoms with Crippen LogP contribution in [0.1, 0.15) is 12.5 Å². The molecule has 0 aliphatic heterocycles. The summed E-state index contributed by atoms with van der Waals surface area (Å²) in [5.74, 6) is 1.17. The SMILES string of the molecule is CCc1ccc(-c2cn3ccn(-c4ccc(OC)c(OC)c4)c(=O)c3n2)cc1. The van der Waals surface area contributed by atoms with Gasteiger partial charge in [-0.15, -0.1) is 0 Å². The average molecular weight is 375 g/mol. The van der Waals surface area contributed by atoms with Gasteiger partial charge in [-0.3, -0.25) is 9.36 Å². The van der Waals surface area contributed by atoms with Gasteiger partial charge in [-0.2, -0.15) is 0 Å². The molecule has 4 rings (SSSR count). The van der Waals surface area contributed by atoms with Gasteiger partial charge in [-0.25, -0.2) is 4.98 Å². The molecule has 2 heterocycles. The molecule has 0 aliphatic rings. The third kappa shape index (κ3) is 3.03. The average Bonchev–Trinajstić information content (AvgIpc) is 3.19. The topological polar surface area (TPSA) is 57.8 Å². The minimum absolute atomic E-state index is 0.203. The molecule has 0 bridgehead atoms. The summed E-state index contributed by atoms with van der Waals surface area (Å²) in [6.45, 7) is 2.12. The maximum atomic E-state index is 13.0. The van der Waals surface area contributed by atoms with E-state index in [0.717, 1.165) is 17.7 Å². The molecule has 0 N–H and O–H groups in total. The van der Waals surface area contributed by atoms with Gasteiger partial charge in [0.25, 0.3) is 5.56 Å². The molecule has 28 heavy (non-hydrogen) atoms. The summed E-state index contributed by atoms with van der Waals surface area (Å²) >= 11 is 0. The molecule has 2 aromatic heterocycles. The van der Waals surface area contributed by atoms with Crippen molar-refractivity contribution in [3.05, 3.63) is 77.0 Å². The Labute approximate surface area is 162 Å². The molecule has 6 nitrogen and oxygen atoms in total. The highest BCUT2D eigenvalue weighted by atomic mass is 16.5. The largest absolute Gasteiger partial charge is 0.493 e. The molecule has 0 saturated heterocycles. The second kappa shape index (κ2) is 7.23. The number of nitrogens with zero attached hydrogens (tertiary/aromatic N) is 3. The van der Waals surface area contributed by atoms with Crippen LogP contribution in [0, 0.1) is 0 Å². The summed E-state index contributed by atoms with van der Waals surface area (Å²) in [4.78, 5) is 17.6. The lowest BCUT2D eigenvalue weighted by Gasteiger charge is -2.11. The van der Waals surface area contributed by atoms with Crippen molar-refractivity contribution in [3.8, 4) is 28.4 Å². The van der Waals surface area contributed by atoms with Gasteiger partial charge in [0.1, 0.15) is 0 Å². The Morgan fingerprint density at radius 2 is 1.71 bits per heavy atom. The van der Waals surface area contributed by atoms with Crippen molar-refractivity contribution in [2.45, 2.75) is 13.3 Å². The number of methoxy groups -OCH3 is 2. The van der Waals surface area contributed by atoms with E-state index >= 15 is 0 Å². The highest BCUT2D eigenvalue weighted by molar-refractivity contribution is 5.63. The van der Waals surface area contributed by atoms with Gasteiger partial charge in [0, 0.05) is 30.2 Å². The van der Waals surface area contributed by atoms with Gasteiger partial charge in [0.2, 0.25) is 5.65 Å². The first-order chi connectivity index (χ1) is 13.6. The van der Waals surface area contributed by atoms with Crippen LogP contribution >= 0.6 is 0 Å². The Hall–Kier alpha value is -3.54. The summed E-state index contributed by atoms with van der Waals surface area (Å²) < 4.78 is 13.9. The second-order valence-electron chi connectivity index (χ2n) is 6.42. The lowest BCUT2D eigenvalue weighted by molar-refractivity contribution is 0.355. The lowest BCUT2D eigenvalue weighted by Crippen LogP contribution is -2.20. The molecule has 6 heteroatoms. The molecule has 0 amide bonds. The number of aromatic nitrogens is 3. The first-order valence-corrected chi connectivity index (χ1v) is 9.06. The van der Waals surface area contributed by atoms with Gasteiger partial charge in [0.05, 0.1) is 25.6 Å². The van der Waals surface area contributed by atoms with Crippen LogP contribution in [0.15, 0.2) is 65.8 Å². The molecule has 0 aliphatic carbocycles. The van der Waals surface area contributed by atoms with Crippen molar-refractivity contribution >= 4 is 5.65 Å². The molecule has 0 spiro atoms. The highest BCUT2D eigenvalue weighted by Crippen LogP contribution is 2.28. The zero-order valence-electron chi connectivity index (χ0n) is 16.0. The van der Waals surface area contributed by atoms with Crippen LogP contribution in [0.5, 0.6) is 11.5 Å². The van der Waals surface area contributed by atoms with Gasteiger partial charge in [-0.05, 0) is 24.1 Å². The fourth-order valence-corrected chi connectivity index (χ4v) is 3.21. The molecule has 0 atom stereocenters. The smallest absolute Gasteiger partial charge is 0.298 e. The number of aryl methyl sites for hydroxylation is 1. The monoisotopic (exact) mass is 375 g/mol. The zero-order valence-corrected chi connectivity index (χ0v) is 16.0. The molecule has 142 valence electrons. The van der Waals surface area contributed by atoms with Crippen LogP contribution in [0.2, 0.25) is 0 Å². The van der Waals surface area contributed by atoms with E-state index in [1.54, 1.807) is 41.5 Å². The number of ether oxygens (including phenoxy) is 2. The van der Waals surface area contributed by atoms with Crippen LogP contribution in [-0.4, -0.2) is 28.2 Å². The number of hydrogen-bond donors (Lipinski definition) is 0. The van der Waals surface area contributed by atoms with Gasteiger partial charge >= 0.3 is 0 Å². The fourth-order valence-electron chi connectivity index (χ4n) is 3.21. The number of benzene rings is 2. The van der Waals surface area contributed by atoms with Crippen molar-refractivity contribution < 1.29 is 9.47 Å². The minimum Gasteiger partial charge on any atom is -0.493 e. The van der Waals surface area contributed by atoms with Crippen LogP contribution in [0.25, 0.3) is 22.6 Å². The van der Waals surface area contributed by atoms with E-state index in [4.69, 9.17) is 9.47 Å². The Bertz CT molecular complexity index is 1190. The zero-order chi connectivity index (χ0) is 19.7. The van der Waals surface area contributed by atoms with Crippen molar-refractivity contribution in [2.75, 3.05) is 14.2 Å². The molecule has 0 saturated carbocycles. The maximum Gasteiger partial charge on any atom is 0.298 e. The van der Waals surface area contributed by atoms with Crippen LogP contribution in [0.4, 0.5) is 0 Å². The summed E-state index contributed by atoms with van der Waals surface area (Å²) in [7, 11) is 3.15. The lowest BCUT2D eigenvalue weighted by atomic mass is 10.1. The Morgan fingerprint density at radius 1 is 0.964 bits per heavy atom. The fraction of sp³-hybridized carbons (Fsp3) is 0.182. The molecular weight excluding hydrogens is 354 g/mol. The second-order valence-corrected chi connectivity index (χ2v) is 6.42. The quantitative estimate of drug-likeness (QED) is 0.533. The van der Waals surface area contributed by atoms with E-state index < -0.39 is 0 Å². The van der Waals surface area contributed by atoms with Crippen LogP contribution < -0.4 is 15.0 Å². The van der Waals surface area contributed by atoms with Crippen molar-refractivity contribution in [2.24, 2.45) is 0 Å². The standard InChI is InChI=1S/C22H21N3O3/c1-4-15-5-7-16(8-6-15)18-14-24-11-12-25(22(26)21(24)23-18)17-9-10-19(27-2)20(13-17)28-3/h5-14H,4H2,1-3H3. The first-order valence-electron chi connectivity index (χ1n) is 9.06. The molecule has 0 fully saturated rings. The summed E-state index contributed by atoms with van der Waals surface area (Å²) in [6.07, 6.45) is 6.41. The van der Waals surface area contributed by atoms with E-state index in [9.17, 15) is 4.79 Å². The van der Waals surface area contributed by atoms with Crippen LogP contribution in [-0.2, 0) is 6.42 Å². The summed E-state index contributed by atoms with van der Waals surface area (Å²) in [5.41, 5.74) is 3.87. The molecular formula is C22H21N3O3. The van der Waals surface area contributed by atoms with E-state index in [-0.39, 0.29) is 5.56 Å². The highest BCUT2D eigenvalue weighted by Gasteiger charge is 2.12. The number of rotatable bonds is 5. The molecule has 0 radical (unpaired) electrons. The first kappa shape index (κ1) is 17.9. The third-order valence-electron chi connectivity index (χ3n) is 4.82. The van der Waals surface area contributed by atoms with E-state index in [2.05, 4.69) is 24.0 Å². The normalized spacial score (nSPS) is 11.0. The van der Waals surface area contributed by atoms with Crippen molar-refractivity contribution in [3.63, 3.8) is 0 Å². The van der Waals surface area contributed by atoms with Crippen molar-refractivity contribution in [1.82, 2.24) is 14.0 Å². The Balaban J connectivity index is 1.80. The third-order valence-corrected chi connectivity index (χ3v) is 4.82. The molecule has 0 unspecified atom stereocenters. The summed E-state index contributed by atoms with van der Waals surface area (Å²) in [6, 6.07) is 13.6. The Morgan fingerprint density at radius 3 is 2.39 bits per heavy atom. The predicted octanol–water partition coefficient (Wildman–Crippen LogP) is 3.73. The van der Waals surface area contributed by atoms with Gasteiger partial charge in [-0.1, -0.05) is 31.2 Å². The van der Waals surface area contributed by atoms with Crippen LogP contribution in [0.3, 0.4) is 0 Å². The molecule has 4 aromatic rings. The van der Waals surface area contributed by atoms with E-state index in [0.29, 0.717) is 22.8 Å². The van der Waals surface area contributed by atoms with Gasteiger partial charge < -0.3 is 13.9 Å². The van der Waals surface area contributed by atoms with Crippen molar-refractivity contribution in [1.29, 1.82) is 0 Å².